The molecule has 3 rings (SSSR count). The van der Waals surface area contributed by atoms with E-state index >= 15 is 0 Å². The van der Waals surface area contributed by atoms with E-state index in [0.717, 1.165) is 13.0 Å². The van der Waals surface area contributed by atoms with Crippen molar-refractivity contribution in [1.29, 1.82) is 0 Å². The van der Waals surface area contributed by atoms with Crippen molar-refractivity contribution >= 4 is 11.8 Å². The second-order valence-corrected chi connectivity index (χ2v) is 8.16. The number of rotatable bonds is 4. The molecule has 2 unspecified atom stereocenters. The Hall–Kier alpha value is -0.510. The predicted molar refractivity (Wildman–Crippen MR) is 88.5 cm³/mol. The minimum Gasteiger partial charge on any atom is -0.311 e. The fraction of sp³-hybridized carbons (Fsp3) is 0.647. The van der Waals surface area contributed by atoms with Crippen molar-refractivity contribution in [2.75, 3.05) is 31.9 Å². The van der Waals surface area contributed by atoms with Gasteiger partial charge in [-0.1, -0.05) is 30.3 Å². The van der Waals surface area contributed by atoms with Crippen molar-refractivity contribution in [2.24, 2.45) is 0 Å². The van der Waals surface area contributed by atoms with E-state index in [1.54, 1.807) is 0 Å². The summed E-state index contributed by atoms with van der Waals surface area (Å²) >= 11 is 2.18. The Bertz CT molecular complexity index is 414. The molecule has 2 atom stereocenters. The molecule has 2 nitrogen and oxygen atoms in total. The third-order valence-corrected chi connectivity index (χ3v) is 6.05. The molecule has 2 saturated heterocycles. The third-order valence-electron chi connectivity index (χ3n) is 4.52. The highest BCUT2D eigenvalue weighted by Crippen LogP contribution is 2.38. The van der Waals surface area contributed by atoms with Crippen molar-refractivity contribution in [2.45, 2.75) is 37.0 Å². The van der Waals surface area contributed by atoms with Gasteiger partial charge in [0.1, 0.15) is 0 Å². The molecule has 2 fully saturated rings. The van der Waals surface area contributed by atoms with Crippen molar-refractivity contribution in [3.63, 3.8) is 0 Å². The van der Waals surface area contributed by atoms with Crippen LogP contribution in [0.15, 0.2) is 30.3 Å². The normalized spacial score (nSPS) is 31.6. The van der Waals surface area contributed by atoms with Crippen LogP contribution in [-0.2, 0) is 6.42 Å². The van der Waals surface area contributed by atoms with Gasteiger partial charge in [0.2, 0.25) is 0 Å². The Labute approximate surface area is 127 Å². The van der Waals surface area contributed by atoms with E-state index in [9.17, 15) is 0 Å². The Kier molecular flexibility index (Phi) is 4.69. The highest BCUT2D eigenvalue weighted by molar-refractivity contribution is 8.00. The summed E-state index contributed by atoms with van der Waals surface area (Å²) in [5.74, 6) is 1.36. The first-order valence-electron chi connectivity index (χ1n) is 7.87. The standard InChI is InChI=1S/C17H26N2S/c1-17(8-5-11-20-17)14-19-10-9-18-16(13-19)12-15-6-3-2-4-7-15/h2-4,6-7,16,18H,5,8-14H2,1H3. The summed E-state index contributed by atoms with van der Waals surface area (Å²) in [4.78, 5) is 2.68. The third kappa shape index (κ3) is 3.78. The van der Waals surface area contributed by atoms with Gasteiger partial charge in [0.15, 0.2) is 0 Å². The monoisotopic (exact) mass is 290 g/mol. The van der Waals surface area contributed by atoms with E-state index < -0.39 is 0 Å². The molecule has 2 heterocycles. The van der Waals surface area contributed by atoms with Crippen molar-refractivity contribution in [3.05, 3.63) is 35.9 Å². The van der Waals surface area contributed by atoms with E-state index in [4.69, 9.17) is 0 Å². The second-order valence-electron chi connectivity index (χ2n) is 6.48. The molecular formula is C17H26N2S. The molecule has 0 bridgehead atoms. The van der Waals surface area contributed by atoms with Gasteiger partial charge < -0.3 is 5.32 Å². The quantitative estimate of drug-likeness (QED) is 0.918. The molecule has 1 aromatic rings. The van der Waals surface area contributed by atoms with Crippen LogP contribution < -0.4 is 5.32 Å². The van der Waals surface area contributed by atoms with Gasteiger partial charge in [-0.15, -0.1) is 0 Å². The van der Waals surface area contributed by atoms with Crippen LogP contribution in [0.3, 0.4) is 0 Å². The van der Waals surface area contributed by atoms with Gasteiger partial charge in [0, 0.05) is 37.0 Å². The average Bonchev–Trinajstić information content (AvgIpc) is 2.87. The lowest BCUT2D eigenvalue weighted by molar-refractivity contribution is 0.184. The first-order chi connectivity index (χ1) is 9.73. The largest absolute Gasteiger partial charge is 0.311 e. The minimum absolute atomic E-state index is 0.509. The summed E-state index contributed by atoms with van der Waals surface area (Å²) in [7, 11) is 0. The topological polar surface area (TPSA) is 15.3 Å². The Morgan fingerprint density at radius 3 is 2.95 bits per heavy atom. The van der Waals surface area contributed by atoms with Crippen molar-refractivity contribution in [1.82, 2.24) is 10.2 Å². The molecule has 0 aromatic heterocycles. The Balaban J connectivity index is 1.54. The van der Waals surface area contributed by atoms with Gasteiger partial charge in [-0.05, 0) is 37.5 Å². The van der Waals surface area contributed by atoms with Gasteiger partial charge in [0.25, 0.3) is 0 Å². The molecule has 0 aliphatic carbocycles. The molecule has 0 spiro atoms. The summed E-state index contributed by atoms with van der Waals surface area (Å²) in [5, 5.41) is 3.69. The van der Waals surface area contributed by atoms with Gasteiger partial charge in [-0.25, -0.2) is 0 Å². The molecule has 110 valence electrons. The number of nitrogens with one attached hydrogen (secondary N) is 1. The summed E-state index contributed by atoms with van der Waals surface area (Å²) in [6.07, 6.45) is 3.95. The van der Waals surface area contributed by atoms with Crippen LogP contribution in [0.5, 0.6) is 0 Å². The molecule has 20 heavy (non-hydrogen) atoms. The maximum atomic E-state index is 3.69. The summed E-state index contributed by atoms with van der Waals surface area (Å²) in [5.41, 5.74) is 1.45. The molecule has 2 aliphatic rings. The molecule has 0 radical (unpaired) electrons. The maximum absolute atomic E-state index is 3.69. The van der Waals surface area contributed by atoms with E-state index in [1.807, 2.05) is 0 Å². The van der Waals surface area contributed by atoms with E-state index in [2.05, 4.69) is 59.2 Å². The lowest BCUT2D eigenvalue weighted by atomic mass is 10.0. The molecule has 1 N–H and O–H groups in total. The van der Waals surface area contributed by atoms with Crippen LogP contribution >= 0.6 is 11.8 Å². The second kappa shape index (κ2) is 6.50. The summed E-state index contributed by atoms with van der Waals surface area (Å²) < 4.78 is 0.509. The van der Waals surface area contributed by atoms with Crippen molar-refractivity contribution in [3.8, 4) is 0 Å². The first kappa shape index (κ1) is 14.4. The molecular weight excluding hydrogens is 264 g/mol. The van der Waals surface area contributed by atoms with Crippen LogP contribution in [0.4, 0.5) is 0 Å². The fourth-order valence-electron chi connectivity index (χ4n) is 3.51. The van der Waals surface area contributed by atoms with Crippen LogP contribution in [0, 0.1) is 0 Å². The lowest BCUT2D eigenvalue weighted by Crippen LogP contribution is -2.54. The SMILES string of the molecule is CC1(CN2CCNC(Cc3ccccc3)C2)CCCS1. The zero-order valence-corrected chi connectivity index (χ0v) is 13.3. The highest BCUT2D eigenvalue weighted by Gasteiger charge is 2.33. The Morgan fingerprint density at radius 1 is 1.35 bits per heavy atom. The van der Waals surface area contributed by atoms with Gasteiger partial charge in [0.05, 0.1) is 0 Å². The van der Waals surface area contributed by atoms with E-state index in [0.29, 0.717) is 10.8 Å². The number of piperazine rings is 1. The number of nitrogens with zero attached hydrogens (tertiary/aromatic N) is 1. The average molecular weight is 290 g/mol. The Morgan fingerprint density at radius 2 is 2.20 bits per heavy atom. The zero-order chi connectivity index (χ0) is 13.8. The van der Waals surface area contributed by atoms with Gasteiger partial charge >= 0.3 is 0 Å². The van der Waals surface area contributed by atoms with Crippen LogP contribution in [0.2, 0.25) is 0 Å². The lowest BCUT2D eigenvalue weighted by Gasteiger charge is -2.38. The van der Waals surface area contributed by atoms with Gasteiger partial charge in [-0.3, -0.25) is 4.90 Å². The minimum atomic E-state index is 0.509. The molecule has 3 heteroatoms. The van der Waals surface area contributed by atoms with Crippen molar-refractivity contribution < 1.29 is 0 Å². The molecule has 0 amide bonds. The first-order valence-corrected chi connectivity index (χ1v) is 8.86. The summed E-state index contributed by atoms with van der Waals surface area (Å²) in [6.45, 7) is 7.27. The number of thioether (sulfide) groups is 1. The number of benzene rings is 1. The molecule has 2 aliphatic heterocycles. The van der Waals surface area contributed by atoms with E-state index in [1.165, 1.54) is 43.8 Å². The number of hydrogen-bond acceptors (Lipinski definition) is 3. The van der Waals surface area contributed by atoms with Gasteiger partial charge in [-0.2, -0.15) is 11.8 Å². The van der Waals surface area contributed by atoms with Crippen LogP contribution in [0.25, 0.3) is 0 Å². The number of hydrogen-bond donors (Lipinski definition) is 1. The smallest absolute Gasteiger partial charge is 0.0259 e. The zero-order valence-electron chi connectivity index (χ0n) is 12.5. The molecule has 0 saturated carbocycles. The highest BCUT2D eigenvalue weighted by atomic mass is 32.2. The molecule has 1 aromatic carbocycles. The van der Waals surface area contributed by atoms with E-state index in [-0.39, 0.29) is 0 Å². The maximum Gasteiger partial charge on any atom is 0.0259 e. The van der Waals surface area contributed by atoms with Crippen LogP contribution in [-0.4, -0.2) is 47.6 Å². The predicted octanol–water partition coefficient (Wildman–Crippen LogP) is 2.79. The fourth-order valence-corrected chi connectivity index (χ4v) is 4.85. The summed E-state index contributed by atoms with van der Waals surface area (Å²) in [6, 6.07) is 11.5. The van der Waals surface area contributed by atoms with Crippen LogP contribution in [0.1, 0.15) is 25.3 Å².